The highest BCUT2D eigenvalue weighted by Gasteiger charge is 2.59. The standard InChI is InChI=1S/C29H48O4/c1-7-31-19(4)32-26(25-12-23-11-24(25)18(3)17(23)2)13-27(30)33-28(5,6)29-14-20-8-21(15-29)10-22(9-20)16-29/h17-26H,7-16H2,1-6H3. The van der Waals surface area contributed by atoms with Crippen molar-refractivity contribution in [2.75, 3.05) is 6.61 Å². The topological polar surface area (TPSA) is 44.8 Å². The van der Waals surface area contributed by atoms with Crippen LogP contribution in [0.4, 0.5) is 0 Å². The van der Waals surface area contributed by atoms with E-state index < -0.39 is 5.60 Å². The summed E-state index contributed by atoms with van der Waals surface area (Å²) in [6, 6.07) is 0. The van der Waals surface area contributed by atoms with Gasteiger partial charge in [0, 0.05) is 12.0 Å². The molecule has 7 unspecified atom stereocenters. The van der Waals surface area contributed by atoms with Crippen LogP contribution in [0.25, 0.3) is 0 Å². The van der Waals surface area contributed by atoms with Gasteiger partial charge in [-0.2, -0.15) is 0 Å². The summed E-state index contributed by atoms with van der Waals surface area (Å²) in [6.07, 6.45) is 10.5. The summed E-state index contributed by atoms with van der Waals surface area (Å²) < 4.78 is 18.6. The van der Waals surface area contributed by atoms with Crippen LogP contribution in [0, 0.1) is 52.8 Å². The van der Waals surface area contributed by atoms with Gasteiger partial charge in [-0.25, -0.2) is 0 Å². The number of carbonyl (C=O) groups is 1. The molecule has 33 heavy (non-hydrogen) atoms. The number of ether oxygens (including phenoxy) is 3. The third-order valence-electron chi connectivity index (χ3n) is 11.2. The number of carbonyl (C=O) groups excluding carboxylic acids is 1. The predicted molar refractivity (Wildman–Crippen MR) is 129 cm³/mol. The van der Waals surface area contributed by atoms with Crippen LogP contribution in [0.2, 0.25) is 0 Å². The fourth-order valence-corrected chi connectivity index (χ4v) is 9.69. The van der Waals surface area contributed by atoms with Gasteiger partial charge in [-0.1, -0.05) is 13.8 Å². The number of fused-ring (bicyclic) bond motifs is 2. The molecule has 0 amide bonds. The lowest BCUT2D eigenvalue weighted by molar-refractivity contribution is -0.209. The second kappa shape index (κ2) is 8.80. The molecular weight excluding hydrogens is 412 g/mol. The van der Waals surface area contributed by atoms with Crippen molar-refractivity contribution in [1.29, 1.82) is 0 Å². The van der Waals surface area contributed by atoms with Crippen molar-refractivity contribution in [3.63, 3.8) is 0 Å². The molecule has 0 aromatic carbocycles. The molecule has 7 atom stereocenters. The smallest absolute Gasteiger partial charge is 0.308 e. The van der Waals surface area contributed by atoms with Gasteiger partial charge in [0.2, 0.25) is 0 Å². The van der Waals surface area contributed by atoms with E-state index in [0.29, 0.717) is 30.8 Å². The Morgan fingerprint density at radius 1 is 0.970 bits per heavy atom. The van der Waals surface area contributed by atoms with E-state index in [9.17, 15) is 4.79 Å². The molecule has 6 bridgehead atoms. The number of esters is 1. The van der Waals surface area contributed by atoms with Crippen molar-refractivity contribution in [2.45, 2.75) is 117 Å². The van der Waals surface area contributed by atoms with E-state index in [1.165, 1.54) is 51.4 Å². The van der Waals surface area contributed by atoms with Crippen LogP contribution < -0.4 is 0 Å². The normalized spacial score (nSPS) is 45.4. The minimum Gasteiger partial charge on any atom is -0.459 e. The maximum absolute atomic E-state index is 13.5. The van der Waals surface area contributed by atoms with E-state index in [1.807, 2.05) is 13.8 Å². The van der Waals surface area contributed by atoms with E-state index in [0.717, 1.165) is 29.6 Å². The van der Waals surface area contributed by atoms with Gasteiger partial charge in [0.25, 0.3) is 0 Å². The van der Waals surface area contributed by atoms with Crippen LogP contribution in [0.5, 0.6) is 0 Å². The molecule has 6 rings (SSSR count). The third kappa shape index (κ3) is 4.30. The minimum absolute atomic E-state index is 0.0621. The zero-order valence-electron chi connectivity index (χ0n) is 22.0. The molecule has 0 spiro atoms. The first-order chi connectivity index (χ1) is 15.6. The zero-order chi connectivity index (χ0) is 23.5. The molecule has 4 heteroatoms. The van der Waals surface area contributed by atoms with E-state index in [2.05, 4.69) is 27.7 Å². The molecule has 0 saturated heterocycles. The lowest BCUT2D eigenvalue weighted by atomic mass is 9.46. The van der Waals surface area contributed by atoms with Crippen molar-refractivity contribution in [3.8, 4) is 0 Å². The van der Waals surface area contributed by atoms with Crippen LogP contribution in [-0.2, 0) is 19.0 Å². The average molecular weight is 461 g/mol. The Kier molecular flexibility index (Phi) is 6.43. The Morgan fingerprint density at radius 2 is 1.58 bits per heavy atom. The molecule has 6 aliphatic carbocycles. The average Bonchev–Trinajstić information content (AvgIpc) is 3.26. The summed E-state index contributed by atoms with van der Waals surface area (Å²) in [5.74, 6) is 5.89. The molecule has 0 N–H and O–H groups in total. The molecule has 4 nitrogen and oxygen atoms in total. The SMILES string of the molecule is CCOC(C)OC(CC(=O)OC(C)(C)C12CC3CC(CC(C3)C1)C2)C1CC2CC1C(C)C2C. The van der Waals surface area contributed by atoms with Gasteiger partial charge in [0.1, 0.15) is 5.60 Å². The van der Waals surface area contributed by atoms with E-state index >= 15 is 0 Å². The van der Waals surface area contributed by atoms with Crippen LogP contribution in [0.1, 0.15) is 99.3 Å². The Bertz CT molecular complexity index is 692. The highest BCUT2D eigenvalue weighted by atomic mass is 16.7. The summed E-state index contributed by atoms with van der Waals surface area (Å²) in [5.41, 5.74) is -0.213. The Morgan fingerprint density at radius 3 is 2.09 bits per heavy atom. The van der Waals surface area contributed by atoms with Gasteiger partial charge >= 0.3 is 5.97 Å². The summed E-state index contributed by atoms with van der Waals surface area (Å²) in [4.78, 5) is 13.5. The Hall–Kier alpha value is -0.610. The number of hydrogen-bond acceptors (Lipinski definition) is 4. The first-order valence-corrected chi connectivity index (χ1v) is 14.1. The van der Waals surface area contributed by atoms with Crippen LogP contribution in [0.3, 0.4) is 0 Å². The fourth-order valence-electron chi connectivity index (χ4n) is 9.69. The summed E-state index contributed by atoms with van der Waals surface area (Å²) >= 11 is 0. The van der Waals surface area contributed by atoms with Gasteiger partial charge in [-0.3, -0.25) is 4.79 Å². The summed E-state index contributed by atoms with van der Waals surface area (Å²) in [6.45, 7) is 13.8. The Labute approximate surface area is 201 Å². The quantitative estimate of drug-likeness (QED) is 0.287. The van der Waals surface area contributed by atoms with Crippen molar-refractivity contribution in [1.82, 2.24) is 0 Å². The maximum Gasteiger partial charge on any atom is 0.308 e. The molecule has 6 aliphatic rings. The van der Waals surface area contributed by atoms with E-state index in [1.54, 1.807) is 0 Å². The van der Waals surface area contributed by atoms with Crippen molar-refractivity contribution in [2.24, 2.45) is 52.8 Å². The van der Waals surface area contributed by atoms with Gasteiger partial charge in [0.15, 0.2) is 6.29 Å². The van der Waals surface area contributed by atoms with Gasteiger partial charge in [0.05, 0.1) is 12.5 Å². The second-order valence-corrected chi connectivity index (χ2v) is 13.4. The lowest BCUT2D eigenvalue weighted by Gasteiger charge is -2.61. The second-order valence-electron chi connectivity index (χ2n) is 13.4. The molecule has 0 aromatic heterocycles. The zero-order valence-corrected chi connectivity index (χ0v) is 22.0. The monoisotopic (exact) mass is 460 g/mol. The predicted octanol–water partition coefficient (Wildman–Crippen LogP) is 6.61. The summed E-state index contributed by atoms with van der Waals surface area (Å²) in [5, 5.41) is 0. The molecule has 0 aromatic rings. The first-order valence-electron chi connectivity index (χ1n) is 14.1. The van der Waals surface area contributed by atoms with Gasteiger partial charge in [-0.05, 0) is 126 Å². The first kappa shape index (κ1) is 24.1. The molecule has 0 radical (unpaired) electrons. The van der Waals surface area contributed by atoms with E-state index in [-0.39, 0.29) is 23.8 Å². The molecule has 6 fully saturated rings. The number of hydrogen-bond donors (Lipinski definition) is 0. The molecule has 6 saturated carbocycles. The largest absolute Gasteiger partial charge is 0.459 e. The molecule has 0 heterocycles. The highest BCUT2D eigenvalue weighted by molar-refractivity contribution is 5.70. The minimum atomic E-state index is -0.396. The number of rotatable bonds is 9. The van der Waals surface area contributed by atoms with Crippen molar-refractivity contribution >= 4 is 5.97 Å². The lowest BCUT2D eigenvalue weighted by Crippen LogP contribution is -2.57. The molecule has 0 aliphatic heterocycles. The third-order valence-corrected chi connectivity index (χ3v) is 11.2. The Balaban J connectivity index is 1.27. The summed E-state index contributed by atoms with van der Waals surface area (Å²) in [7, 11) is 0. The molecule has 188 valence electrons. The maximum atomic E-state index is 13.5. The van der Waals surface area contributed by atoms with Crippen LogP contribution in [-0.4, -0.2) is 30.6 Å². The van der Waals surface area contributed by atoms with Crippen LogP contribution in [0.15, 0.2) is 0 Å². The van der Waals surface area contributed by atoms with Gasteiger partial charge < -0.3 is 14.2 Å². The van der Waals surface area contributed by atoms with Crippen LogP contribution >= 0.6 is 0 Å². The fraction of sp³-hybridized carbons (Fsp3) is 0.966. The van der Waals surface area contributed by atoms with Crippen molar-refractivity contribution < 1.29 is 19.0 Å². The molecular formula is C29H48O4. The van der Waals surface area contributed by atoms with Gasteiger partial charge in [-0.15, -0.1) is 0 Å². The van der Waals surface area contributed by atoms with E-state index in [4.69, 9.17) is 14.2 Å². The van der Waals surface area contributed by atoms with Crippen molar-refractivity contribution in [3.05, 3.63) is 0 Å². The highest BCUT2D eigenvalue weighted by Crippen LogP contribution is 2.64.